The zero-order valence-electron chi connectivity index (χ0n) is 8.16. The summed E-state index contributed by atoms with van der Waals surface area (Å²) in [6, 6.07) is 0. The topological polar surface area (TPSA) is 57.5 Å². The van der Waals surface area contributed by atoms with E-state index in [0.29, 0.717) is 0 Å². The van der Waals surface area contributed by atoms with E-state index in [-0.39, 0.29) is 0 Å². The normalized spacial score (nSPS) is 6.50. The molecule has 0 saturated carbocycles. The summed E-state index contributed by atoms with van der Waals surface area (Å²) in [7, 11) is -2.87. The smallest absolute Gasteiger partial charge is 0.134 e. The van der Waals surface area contributed by atoms with Crippen LogP contribution < -0.4 is 0 Å². The summed E-state index contributed by atoms with van der Waals surface area (Å²) in [5.74, 6) is 0. The molecule has 12 heavy (non-hydrogen) atoms. The predicted octanol–water partition coefficient (Wildman–Crippen LogP) is 2.79. The second-order valence-electron chi connectivity index (χ2n) is 2.67. The van der Waals surface area contributed by atoms with Crippen molar-refractivity contribution in [2.24, 2.45) is 0 Å². The lowest BCUT2D eigenvalue weighted by Gasteiger charge is -1.65. The summed E-state index contributed by atoms with van der Waals surface area (Å²) < 4.78 is 8.70. The minimum atomic E-state index is -2.87. The first-order chi connectivity index (χ1) is 5.20. The van der Waals surface area contributed by atoms with Gasteiger partial charge in [-0.1, -0.05) is 11.1 Å². The molecule has 0 aromatic carbocycles. The number of hydrogen-bond acceptors (Lipinski definition) is 1. The van der Waals surface area contributed by atoms with Crippen LogP contribution in [0.25, 0.3) is 0 Å². The van der Waals surface area contributed by atoms with E-state index in [1.54, 1.807) is 0 Å². The maximum absolute atomic E-state index is 8.70. The van der Waals surface area contributed by atoms with Gasteiger partial charge in [-0.3, -0.25) is 0 Å². The predicted molar refractivity (Wildman–Crippen MR) is 53.0 cm³/mol. The fourth-order valence-electron chi connectivity index (χ4n) is 0. The summed E-state index contributed by atoms with van der Waals surface area (Å²) in [5.41, 5.74) is 2.33. The summed E-state index contributed by atoms with van der Waals surface area (Å²) in [6.45, 7) is 15.0. The molecule has 0 atom stereocenters. The van der Waals surface area contributed by atoms with Crippen LogP contribution in [0.1, 0.15) is 27.7 Å². The zero-order chi connectivity index (χ0) is 10.7. The van der Waals surface area contributed by atoms with E-state index >= 15 is 0 Å². The molecule has 0 bridgehead atoms. The van der Waals surface area contributed by atoms with Crippen molar-refractivity contribution in [3.05, 3.63) is 24.3 Å². The maximum Gasteiger partial charge on any atom is 0.692 e. The Morgan fingerprint density at radius 1 is 1.00 bits per heavy atom. The molecule has 0 aliphatic rings. The quantitative estimate of drug-likeness (QED) is 0.459. The fraction of sp³-hybridized carbons (Fsp3) is 0.500. The second kappa shape index (κ2) is 13.1. The van der Waals surface area contributed by atoms with Gasteiger partial charge in [0.25, 0.3) is 0 Å². The zero-order valence-corrected chi connectivity index (χ0v) is 9.06. The molecular formula is C8H18O3P+. The molecule has 0 spiro atoms. The molecule has 0 rings (SSSR count). The molecule has 0 aromatic rings. The molecule has 0 unspecified atom stereocenters. The van der Waals surface area contributed by atoms with Crippen LogP contribution >= 0.6 is 8.25 Å². The molecule has 0 aliphatic heterocycles. The molecule has 4 heteroatoms. The Morgan fingerprint density at radius 3 is 1.00 bits per heavy atom. The highest BCUT2D eigenvalue weighted by molar-refractivity contribution is 7.30. The van der Waals surface area contributed by atoms with Crippen molar-refractivity contribution < 1.29 is 14.4 Å². The molecular weight excluding hydrogens is 175 g/mol. The number of hydrogen-bond donors (Lipinski definition) is 2. The van der Waals surface area contributed by atoms with Crippen molar-refractivity contribution in [2.45, 2.75) is 27.7 Å². The lowest BCUT2D eigenvalue weighted by Crippen LogP contribution is -1.43. The molecule has 0 amide bonds. The number of allylic oxidation sites excluding steroid dienone is 2. The van der Waals surface area contributed by atoms with Gasteiger partial charge in [-0.2, -0.15) is 0 Å². The van der Waals surface area contributed by atoms with E-state index in [1.165, 1.54) is 11.1 Å². The Morgan fingerprint density at radius 2 is 1.00 bits per heavy atom. The third-order valence-electron chi connectivity index (χ3n) is 0. The third-order valence-corrected chi connectivity index (χ3v) is 0. The second-order valence-corrected chi connectivity index (χ2v) is 3.17. The molecule has 0 fully saturated rings. The van der Waals surface area contributed by atoms with Crippen molar-refractivity contribution >= 4 is 8.25 Å². The minimum Gasteiger partial charge on any atom is -0.134 e. The van der Waals surface area contributed by atoms with Gasteiger partial charge in [-0.15, -0.1) is 22.9 Å². The molecule has 72 valence electrons. The van der Waals surface area contributed by atoms with Crippen molar-refractivity contribution in [2.75, 3.05) is 0 Å². The van der Waals surface area contributed by atoms with Gasteiger partial charge in [0.1, 0.15) is 0 Å². The van der Waals surface area contributed by atoms with Crippen molar-refractivity contribution in [3.63, 3.8) is 0 Å². The average Bonchev–Trinajstić information content (AvgIpc) is 1.54. The first kappa shape index (κ1) is 17.5. The van der Waals surface area contributed by atoms with Gasteiger partial charge in [0.05, 0.1) is 0 Å². The Hall–Kier alpha value is -0.500. The highest BCUT2D eigenvalue weighted by Gasteiger charge is 1.93. The first-order valence-electron chi connectivity index (χ1n) is 3.29. The van der Waals surface area contributed by atoms with Crippen LogP contribution in [0.2, 0.25) is 0 Å². The Bertz CT molecular complexity index is 112. The van der Waals surface area contributed by atoms with E-state index in [2.05, 4.69) is 13.2 Å². The first-order valence-corrected chi connectivity index (χ1v) is 4.45. The molecule has 0 aliphatic carbocycles. The SMILES string of the molecule is C=C(C)C.C=C(C)C.O=[P+](O)O. The van der Waals surface area contributed by atoms with Crippen molar-refractivity contribution in [1.29, 1.82) is 0 Å². The third kappa shape index (κ3) is 2750. The van der Waals surface area contributed by atoms with E-state index in [9.17, 15) is 0 Å². The van der Waals surface area contributed by atoms with E-state index in [1.807, 2.05) is 27.7 Å². The van der Waals surface area contributed by atoms with Crippen LogP contribution in [-0.4, -0.2) is 9.79 Å². The highest BCUT2D eigenvalue weighted by Crippen LogP contribution is 1.98. The lowest BCUT2D eigenvalue weighted by molar-refractivity contribution is 0.405. The van der Waals surface area contributed by atoms with Crippen LogP contribution in [-0.2, 0) is 4.57 Å². The summed E-state index contributed by atoms with van der Waals surface area (Å²) in [6.07, 6.45) is 0. The summed E-state index contributed by atoms with van der Waals surface area (Å²) in [4.78, 5) is 14.2. The van der Waals surface area contributed by atoms with Crippen molar-refractivity contribution in [1.82, 2.24) is 0 Å². The maximum atomic E-state index is 8.70. The van der Waals surface area contributed by atoms with Crippen LogP contribution in [0.15, 0.2) is 24.3 Å². The molecule has 2 N–H and O–H groups in total. The van der Waals surface area contributed by atoms with Gasteiger partial charge in [0.2, 0.25) is 0 Å². The van der Waals surface area contributed by atoms with Gasteiger partial charge in [-0.25, -0.2) is 0 Å². The van der Waals surface area contributed by atoms with E-state index in [4.69, 9.17) is 14.4 Å². The number of rotatable bonds is 0. The fourth-order valence-corrected chi connectivity index (χ4v) is 0. The summed E-state index contributed by atoms with van der Waals surface area (Å²) >= 11 is 0. The summed E-state index contributed by atoms with van der Waals surface area (Å²) in [5, 5.41) is 0. The van der Waals surface area contributed by atoms with Gasteiger partial charge >= 0.3 is 8.25 Å². The van der Waals surface area contributed by atoms with Crippen LogP contribution in [0.5, 0.6) is 0 Å². The molecule has 0 saturated heterocycles. The van der Waals surface area contributed by atoms with Crippen LogP contribution in [0.3, 0.4) is 0 Å². The van der Waals surface area contributed by atoms with Gasteiger partial charge in [-0.05, 0) is 27.7 Å². The molecule has 0 aromatic heterocycles. The standard InChI is InChI=1S/2C4H8.HO3P/c3*1-4(2)3/h2*1H2,2-3H3;(H-,1,2,3)/p+1. The monoisotopic (exact) mass is 193 g/mol. The minimum absolute atomic E-state index is 1.17. The van der Waals surface area contributed by atoms with E-state index < -0.39 is 8.25 Å². The molecule has 0 heterocycles. The Balaban J connectivity index is -0.000000101. The molecule has 0 radical (unpaired) electrons. The largest absolute Gasteiger partial charge is 0.692 e. The van der Waals surface area contributed by atoms with Gasteiger partial charge in [0, 0.05) is 4.57 Å². The molecule has 3 nitrogen and oxygen atoms in total. The Kier molecular flexibility index (Phi) is 19.2. The Labute approximate surface area is 75.4 Å². The highest BCUT2D eigenvalue weighted by atomic mass is 31.1. The van der Waals surface area contributed by atoms with Crippen LogP contribution in [0.4, 0.5) is 0 Å². The van der Waals surface area contributed by atoms with Crippen molar-refractivity contribution in [3.8, 4) is 0 Å². The van der Waals surface area contributed by atoms with E-state index in [0.717, 1.165) is 0 Å². The van der Waals surface area contributed by atoms with Crippen LogP contribution in [0, 0.1) is 0 Å². The lowest BCUT2D eigenvalue weighted by atomic mass is 10.4. The van der Waals surface area contributed by atoms with Gasteiger partial charge < -0.3 is 0 Å². The van der Waals surface area contributed by atoms with Gasteiger partial charge in [0.15, 0.2) is 0 Å². The average molecular weight is 193 g/mol.